The summed E-state index contributed by atoms with van der Waals surface area (Å²) in [7, 11) is -3.85. The smallest absolute Gasteiger partial charge is 0.246 e. The van der Waals surface area contributed by atoms with E-state index in [4.69, 9.17) is 0 Å². The highest BCUT2D eigenvalue weighted by Crippen LogP contribution is 2.20. The predicted octanol–water partition coefficient (Wildman–Crippen LogP) is 0.733. The number of halogens is 1. The first-order valence-electron chi connectivity index (χ1n) is 9.89. The van der Waals surface area contributed by atoms with Gasteiger partial charge in [-0.3, -0.25) is 9.69 Å². The molecular formula is C19H29FN4O3S. The number of piperidine rings is 1. The van der Waals surface area contributed by atoms with Gasteiger partial charge in [0.05, 0.1) is 6.54 Å². The van der Waals surface area contributed by atoms with Gasteiger partial charge >= 0.3 is 0 Å². The Labute approximate surface area is 166 Å². The van der Waals surface area contributed by atoms with Crippen molar-refractivity contribution in [2.24, 2.45) is 0 Å². The lowest BCUT2D eigenvalue weighted by Crippen LogP contribution is -2.52. The first kappa shape index (κ1) is 21.2. The summed E-state index contributed by atoms with van der Waals surface area (Å²) in [5.41, 5.74) is 0. The van der Waals surface area contributed by atoms with Gasteiger partial charge in [-0.2, -0.15) is 4.31 Å². The van der Waals surface area contributed by atoms with Crippen LogP contribution in [0.2, 0.25) is 0 Å². The molecule has 2 heterocycles. The van der Waals surface area contributed by atoms with Crippen molar-refractivity contribution in [3.8, 4) is 0 Å². The predicted molar refractivity (Wildman–Crippen MR) is 105 cm³/mol. The number of carbonyl (C=O) groups is 1. The van der Waals surface area contributed by atoms with E-state index in [9.17, 15) is 17.6 Å². The number of carbonyl (C=O) groups excluding carboxylic acids is 1. The highest BCUT2D eigenvalue weighted by atomic mass is 32.2. The van der Waals surface area contributed by atoms with Crippen LogP contribution in [0.25, 0.3) is 0 Å². The summed E-state index contributed by atoms with van der Waals surface area (Å²) in [6.07, 6.45) is 1.93. The molecule has 1 amide bonds. The van der Waals surface area contributed by atoms with Crippen LogP contribution in [0.4, 0.5) is 4.39 Å². The molecule has 2 aliphatic rings. The summed E-state index contributed by atoms with van der Waals surface area (Å²) in [4.78, 5) is 16.4. The maximum absolute atomic E-state index is 13.9. The standard InChI is InChI=1S/C19H29FN4O3S/c1-2-22-9-7-16(8-10-22)21-19(25)15-23-11-13-24(14-12-23)28(26,27)18-6-4-3-5-17(18)20/h3-6,16H,2,7-15H2,1H3,(H,21,25). The van der Waals surface area contributed by atoms with E-state index in [2.05, 4.69) is 17.1 Å². The number of benzene rings is 1. The summed E-state index contributed by atoms with van der Waals surface area (Å²) in [6, 6.07) is 5.64. The van der Waals surface area contributed by atoms with Crippen molar-refractivity contribution in [2.75, 3.05) is 52.4 Å². The maximum Gasteiger partial charge on any atom is 0.246 e. The fourth-order valence-electron chi connectivity index (χ4n) is 3.79. The van der Waals surface area contributed by atoms with Crippen molar-refractivity contribution in [2.45, 2.75) is 30.7 Å². The molecule has 0 aliphatic carbocycles. The van der Waals surface area contributed by atoms with Crippen LogP contribution in [0.15, 0.2) is 29.2 Å². The normalized spacial score (nSPS) is 20.9. The highest BCUT2D eigenvalue weighted by molar-refractivity contribution is 7.89. The number of likely N-dealkylation sites (tertiary alicyclic amines) is 1. The van der Waals surface area contributed by atoms with Crippen LogP contribution in [0.5, 0.6) is 0 Å². The molecule has 2 saturated heterocycles. The summed E-state index contributed by atoms with van der Waals surface area (Å²) >= 11 is 0. The molecular weight excluding hydrogens is 383 g/mol. The summed E-state index contributed by atoms with van der Waals surface area (Å²) in [5, 5.41) is 3.10. The number of nitrogens with one attached hydrogen (secondary N) is 1. The topological polar surface area (TPSA) is 73.0 Å². The quantitative estimate of drug-likeness (QED) is 0.746. The van der Waals surface area contributed by atoms with Crippen LogP contribution >= 0.6 is 0 Å². The van der Waals surface area contributed by atoms with Gasteiger partial charge in [0.15, 0.2) is 0 Å². The number of hydrogen-bond acceptors (Lipinski definition) is 5. The van der Waals surface area contributed by atoms with E-state index in [1.54, 1.807) is 0 Å². The fraction of sp³-hybridized carbons (Fsp3) is 0.632. The number of hydrogen-bond donors (Lipinski definition) is 1. The Bertz CT molecular complexity index is 773. The van der Waals surface area contributed by atoms with E-state index >= 15 is 0 Å². The average Bonchev–Trinajstić information content (AvgIpc) is 2.69. The second-order valence-corrected chi connectivity index (χ2v) is 9.29. The molecule has 0 spiro atoms. The lowest BCUT2D eigenvalue weighted by atomic mass is 10.1. The molecule has 156 valence electrons. The first-order chi connectivity index (χ1) is 13.4. The Balaban J connectivity index is 1.46. The number of piperazine rings is 1. The Morgan fingerprint density at radius 1 is 1.07 bits per heavy atom. The van der Waals surface area contributed by atoms with Crippen LogP contribution in [0.1, 0.15) is 19.8 Å². The van der Waals surface area contributed by atoms with Gasteiger partial charge in [-0.1, -0.05) is 19.1 Å². The largest absolute Gasteiger partial charge is 0.352 e. The molecule has 1 aromatic rings. The van der Waals surface area contributed by atoms with E-state index in [-0.39, 0.29) is 36.5 Å². The first-order valence-corrected chi connectivity index (χ1v) is 11.3. The third-order valence-electron chi connectivity index (χ3n) is 5.55. The third kappa shape index (κ3) is 5.08. The van der Waals surface area contributed by atoms with E-state index < -0.39 is 15.8 Å². The average molecular weight is 413 g/mol. The SMILES string of the molecule is CCN1CCC(NC(=O)CN2CCN(S(=O)(=O)c3ccccc3F)CC2)CC1. The molecule has 1 N–H and O–H groups in total. The zero-order valence-electron chi connectivity index (χ0n) is 16.3. The zero-order valence-corrected chi connectivity index (χ0v) is 17.1. The third-order valence-corrected chi connectivity index (χ3v) is 7.48. The number of sulfonamides is 1. The minimum absolute atomic E-state index is 0.0136. The molecule has 1 aromatic carbocycles. The molecule has 0 aromatic heterocycles. The van der Waals surface area contributed by atoms with Crippen molar-refractivity contribution >= 4 is 15.9 Å². The summed E-state index contributed by atoms with van der Waals surface area (Å²) in [6.45, 7) is 6.87. The molecule has 0 saturated carbocycles. The summed E-state index contributed by atoms with van der Waals surface area (Å²) < 4.78 is 40.4. The van der Waals surface area contributed by atoms with Gasteiger partial charge in [0.25, 0.3) is 0 Å². The molecule has 0 radical (unpaired) electrons. The molecule has 0 unspecified atom stereocenters. The number of nitrogens with zero attached hydrogens (tertiary/aromatic N) is 3. The van der Waals surface area contributed by atoms with Gasteiger partial charge in [0.1, 0.15) is 10.7 Å². The van der Waals surface area contributed by atoms with Gasteiger partial charge in [0, 0.05) is 45.3 Å². The molecule has 28 heavy (non-hydrogen) atoms. The molecule has 3 rings (SSSR count). The van der Waals surface area contributed by atoms with Crippen molar-refractivity contribution < 1.29 is 17.6 Å². The molecule has 0 bridgehead atoms. The van der Waals surface area contributed by atoms with Crippen molar-refractivity contribution in [3.05, 3.63) is 30.1 Å². The minimum atomic E-state index is -3.85. The Morgan fingerprint density at radius 2 is 1.71 bits per heavy atom. The lowest BCUT2D eigenvalue weighted by Gasteiger charge is -2.35. The van der Waals surface area contributed by atoms with Gasteiger partial charge in [-0.05, 0) is 31.5 Å². The second kappa shape index (κ2) is 9.30. The van der Waals surface area contributed by atoms with Gasteiger partial charge < -0.3 is 10.2 Å². The van der Waals surface area contributed by atoms with Crippen molar-refractivity contribution in [3.63, 3.8) is 0 Å². The molecule has 9 heteroatoms. The monoisotopic (exact) mass is 412 g/mol. The van der Waals surface area contributed by atoms with Crippen LogP contribution in [0, 0.1) is 5.82 Å². The lowest BCUT2D eigenvalue weighted by molar-refractivity contribution is -0.123. The van der Waals surface area contributed by atoms with E-state index in [1.165, 1.54) is 22.5 Å². The number of amides is 1. The maximum atomic E-state index is 13.9. The van der Waals surface area contributed by atoms with Crippen LogP contribution in [0.3, 0.4) is 0 Å². The molecule has 0 atom stereocenters. The molecule has 7 nitrogen and oxygen atoms in total. The second-order valence-electron chi connectivity index (χ2n) is 7.39. The van der Waals surface area contributed by atoms with Crippen LogP contribution in [-0.2, 0) is 14.8 Å². The summed E-state index contributed by atoms with van der Waals surface area (Å²) in [5.74, 6) is -0.751. The van der Waals surface area contributed by atoms with Crippen LogP contribution in [-0.4, -0.2) is 86.8 Å². The Hall–Kier alpha value is -1.55. The molecule has 2 fully saturated rings. The van der Waals surface area contributed by atoms with Crippen molar-refractivity contribution in [1.29, 1.82) is 0 Å². The van der Waals surface area contributed by atoms with Gasteiger partial charge in [0.2, 0.25) is 15.9 Å². The van der Waals surface area contributed by atoms with Crippen LogP contribution < -0.4 is 5.32 Å². The Morgan fingerprint density at radius 3 is 2.32 bits per heavy atom. The molecule has 2 aliphatic heterocycles. The minimum Gasteiger partial charge on any atom is -0.352 e. The van der Waals surface area contributed by atoms with Crippen molar-refractivity contribution in [1.82, 2.24) is 19.4 Å². The van der Waals surface area contributed by atoms with Gasteiger partial charge in [-0.25, -0.2) is 12.8 Å². The highest BCUT2D eigenvalue weighted by Gasteiger charge is 2.31. The van der Waals surface area contributed by atoms with E-state index in [0.717, 1.165) is 38.5 Å². The van der Waals surface area contributed by atoms with E-state index in [1.807, 2.05) is 4.90 Å². The van der Waals surface area contributed by atoms with E-state index in [0.29, 0.717) is 13.1 Å². The van der Waals surface area contributed by atoms with Gasteiger partial charge in [-0.15, -0.1) is 0 Å². The number of rotatable bonds is 6. The Kier molecular flexibility index (Phi) is 7.03. The zero-order chi connectivity index (χ0) is 20.1. The fourth-order valence-corrected chi connectivity index (χ4v) is 5.28.